The van der Waals surface area contributed by atoms with E-state index >= 15 is 0 Å². The van der Waals surface area contributed by atoms with E-state index in [1.165, 1.54) is 0 Å². The lowest BCUT2D eigenvalue weighted by atomic mass is 10.1. The normalized spacial score (nSPS) is 12.0. The number of fused-ring (bicyclic) bond motifs is 1. The molecule has 1 aromatic heterocycles. The Labute approximate surface area is 151 Å². The second kappa shape index (κ2) is 7.44. The minimum atomic E-state index is -0.928. The maximum Gasteiger partial charge on any atom is 0.347 e. The molecule has 0 saturated heterocycles. The Morgan fingerprint density at radius 2 is 1.88 bits per heavy atom. The van der Waals surface area contributed by atoms with E-state index in [0.29, 0.717) is 22.3 Å². The summed E-state index contributed by atoms with van der Waals surface area (Å²) in [7, 11) is 0. The van der Waals surface area contributed by atoms with Gasteiger partial charge in [-0.25, -0.2) is 4.79 Å². The summed E-state index contributed by atoms with van der Waals surface area (Å²) < 4.78 is 16.7. The molecule has 0 radical (unpaired) electrons. The number of esters is 1. The number of benzene rings is 2. The fourth-order valence-electron chi connectivity index (χ4n) is 2.65. The van der Waals surface area contributed by atoms with Crippen molar-refractivity contribution < 1.29 is 18.7 Å². The van der Waals surface area contributed by atoms with Crippen LogP contribution in [0, 0.1) is 6.92 Å². The van der Waals surface area contributed by atoms with Gasteiger partial charge in [-0.3, -0.25) is 4.79 Å². The van der Waals surface area contributed by atoms with Crippen molar-refractivity contribution in [3.8, 4) is 17.1 Å². The van der Waals surface area contributed by atoms with Crippen molar-refractivity contribution in [3.63, 3.8) is 0 Å². The van der Waals surface area contributed by atoms with Crippen LogP contribution in [0.4, 0.5) is 0 Å². The number of carbonyl (C=O) groups is 1. The monoisotopic (exact) mass is 352 g/mol. The molecule has 134 valence electrons. The third-order valence-electron chi connectivity index (χ3n) is 3.96. The molecule has 5 nitrogen and oxygen atoms in total. The summed E-state index contributed by atoms with van der Waals surface area (Å²) in [5.74, 6) is -0.229. The minimum Gasteiger partial charge on any atom is -0.471 e. The molecule has 0 N–H and O–H groups in total. The van der Waals surface area contributed by atoms with Gasteiger partial charge < -0.3 is 13.9 Å². The van der Waals surface area contributed by atoms with E-state index in [9.17, 15) is 9.59 Å². The Morgan fingerprint density at radius 1 is 1.15 bits per heavy atom. The maximum absolute atomic E-state index is 13.0. The molecule has 0 aliphatic carbocycles. The number of carbonyl (C=O) groups excluding carboxylic acids is 1. The van der Waals surface area contributed by atoms with Gasteiger partial charge in [-0.15, -0.1) is 0 Å². The molecule has 1 atom stereocenters. The van der Waals surface area contributed by atoms with E-state index in [2.05, 4.69) is 0 Å². The van der Waals surface area contributed by atoms with E-state index in [1.807, 2.05) is 49.4 Å². The summed E-state index contributed by atoms with van der Waals surface area (Å²) >= 11 is 0. The zero-order valence-electron chi connectivity index (χ0n) is 14.9. The molecule has 0 amide bonds. The van der Waals surface area contributed by atoms with Crippen molar-refractivity contribution in [2.45, 2.75) is 26.9 Å². The molecule has 5 heteroatoms. The van der Waals surface area contributed by atoms with Gasteiger partial charge in [-0.1, -0.05) is 36.4 Å². The molecule has 0 aliphatic heterocycles. The third kappa shape index (κ3) is 3.47. The topological polar surface area (TPSA) is 65.7 Å². The van der Waals surface area contributed by atoms with Crippen molar-refractivity contribution in [2.75, 3.05) is 6.61 Å². The van der Waals surface area contributed by atoms with E-state index < -0.39 is 12.1 Å². The van der Waals surface area contributed by atoms with Crippen LogP contribution in [-0.2, 0) is 9.53 Å². The summed E-state index contributed by atoms with van der Waals surface area (Å²) in [4.78, 5) is 24.9. The minimum absolute atomic E-state index is 0.00751. The second-order valence-corrected chi connectivity index (χ2v) is 5.97. The number of ether oxygens (including phenoxy) is 2. The van der Waals surface area contributed by atoms with Crippen molar-refractivity contribution in [2.24, 2.45) is 0 Å². The molecule has 2 aromatic carbocycles. The van der Waals surface area contributed by atoms with Crippen molar-refractivity contribution in [1.82, 2.24) is 0 Å². The second-order valence-electron chi connectivity index (χ2n) is 5.97. The first-order chi connectivity index (χ1) is 12.5. The van der Waals surface area contributed by atoms with Crippen LogP contribution in [0.2, 0.25) is 0 Å². The Bertz CT molecular complexity index is 988. The highest BCUT2D eigenvalue weighted by Gasteiger charge is 2.23. The third-order valence-corrected chi connectivity index (χ3v) is 3.96. The lowest BCUT2D eigenvalue weighted by Crippen LogP contribution is -2.28. The zero-order chi connectivity index (χ0) is 18.7. The van der Waals surface area contributed by atoms with Crippen molar-refractivity contribution in [1.29, 1.82) is 0 Å². The molecule has 3 aromatic rings. The van der Waals surface area contributed by atoms with Crippen LogP contribution < -0.4 is 10.2 Å². The summed E-state index contributed by atoms with van der Waals surface area (Å²) in [6, 6.07) is 14.5. The first kappa shape index (κ1) is 17.7. The van der Waals surface area contributed by atoms with Gasteiger partial charge in [0.25, 0.3) is 0 Å². The predicted octanol–water partition coefficient (Wildman–Crippen LogP) is 4.10. The Kier molecular flexibility index (Phi) is 5.07. The van der Waals surface area contributed by atoms with Gasteiger partial charge in [0.1, 0.15) is 5.58 Å². The lowest BCUT2D eigenvalue weighted by molar-refractivity contribution is -0.150. The summed E-state index contributed by atoms with van der Waals surface area (Å²) in [6.07, 6.45) is -0.928. The van der Waals surface area contributed by atoms with Crippen LogP contribution >= 0.6 is 0 Å². The molecular formula is C21H20O5. The van der Waals surface area contributed by atoms with Crippen molar-refractivity contribution >= 4 is 16.9 Å². The van der Waals surface area contributed by atoms with Gasteiger partial charge in [0.2, 0.25) is 11.2 Å². The van der Waals surface area contributed by atoms with Crippen LogP contribution in [-0.4, -0.2) is 18.7 Å². The molecule has 0 unspecified atom stereocenters. The van der Waals surface area contributed by atoms with Crippen molar-refractivity contribution in [3.05, 3.63) is 64.3 Å². The van der Waals surface area contributed by atoms with E-state index in [-0.39, 0.29) is 17.8 Å². The average Bonchev–Trinajstić information content (AvgIpc) is 2.64. The van der Waals surface area contributed by atoms with Crippen LogP contribution in [0.25, 0.3) is 22.3 Å². The van der Waals surface area contributed by atoms with Crippen LogP contribution in [0.3, 0.4) is 0 Å². The summed E-state index contributed by atoms with van der Waals surface area (Å²) in [5, 5.41) is 0.404. The summed E-state index contributed by atoms with van der Waals surface area (Å²) in [6.45, 7) is 5.43. The van der Waals surface area contributed by atoms with Gasteiger partial charge in [-0.2, -0.15) is 0 Å². The van der Waals surface area contributed by atoms with E-state index in [1.54, 1.807) is 19.9 Å². The Hall–Kier alpha value is -3.08. The quantitative estimate of drug-likeness (QED) is 0.647. The average molecular weight is 352 g/mol. The molecule has 1 heterocycles. The molecule has 0 aliphatic rings. The molecule has 26 heavy (non-hydrogen) atoms. The first-order valence-corrected chi connectivity index (χ1v) is 8.47. The Balaban J connectivity index is 2.18. The lowest BCUT2D eigenvalue weighted by Gasteiger charge is -2.16. The van der Waals surface area contributed by atoms with Gasteiger partial charge in [0, 0.05) is 5.56 Å². The highest BCUT2D eigenvalue weighted by atomic mass is 16.6. The molecule has 0 saturated carbocycles. The predicted molar refractivity (Wildman–Crippen MR) is 99.4 cm³/mol. The highest BCUT2D eigenvalue weighted by Crippen LogP contribution is 2.31. The fraction of sp³-hybridized carbons (Fsp3) is 0.238. The number of aryl methyl sites for hydroxylation is 1. The molecular weight excluding hydrogens is 332 g/mol. The van der Waals surface area contributed by atoms with E-state index in [0.717, 1.165) is 5.56 Å². The highest BCUT2D eigenvalue weighted by molar-refractivity contribution is 5.83. The zero-order valence-corrected chi connectivity index (χ0v) is 14.9. The smallest absolute Gasteiger partial charge is 0.347 e. The van der Waals surface area contributed by atoms with Gasteiger partial charge in [0.05, 0.1) is 12.0 Å². The van der Waals surface area contributed by atoms with Gasteiger partial charge in [0.15, 0.2) is 11.9 Å². The van der Waals surface area contributed by atoms with Crippen LogP contribution in [0.1, 0.15) is 19.4 Å². The van der Waals surface area contributed by atoms with E-state index in [4.69, 9.17) is 13.9 Å². The number of hydrogen-bond acceptors (Lipinski definition) is 5. The molecule has 3 rings (SSSR count). The number of hydrogen-bond donors (Lipinski definition) is 0. The molecule has 0 bridgehead atoms. The molecule has 0 spiro atoms. The summed E-state index contributed by atoms with van der Waals surface area (Å²) in [5.41, 5.74) is 1.83. The van der Waals surface area contributed by atoms with Gasteiger partial charge >= 0.3 is 5.97 Å². The maximum atomic E-state index is 13.0. The van der Waals surface area contributed by atoms with Crippen LogP contribution in [0.15, 0.2) is 57.7 Å². The SMILES string of the molecule is CCOC(=O)[C@H](C)Oc1c(-c2ccccc2)oc2cc(C)ccc2c1=O. The fourth-order valence-corrected chi connectivity index (χ4v) is 2.65. The largest absolute Gasteiger partial charge is 0.471 e. The molecule has 0 fully saturated rings. The van der Waals surface area contributed by atoms with Gasteiger partial charge in [-0.05, 0) is 38.5 Å². The number of rotatable bonds is 5. The standard InChI is InChI=1S/C21H20O5/c1-4-24-21(23)14(3)25-20-18(22)16-11-10-13(2)12-17(16)26-19(20)15-8-6-5-7-9-15/h5-12,14H,4H2,1-3H3/t14-/m0/s1. The van der Waals surface area contributed by atoms with Crippen LogP contribution in [0.5, 0.6) is 5.75 Å². The first-order valence-electron chi connectivity index (χ1n) is 8.47. The Morgan fingerprint density at radius 3 is 2.58 bits per heavy atom.